The predicted octanol–water partition coefficient (Wildman–Crippen LogP) is 3.17. The summed E-state index contributed by atoms with van der Waals surface area (Å²) in [5, 5.41) is 0. The molecule has 118 valence electrons. The van der Waals surface area contributed by atoms with Crippen LogP contribution >= 0.6 is 0 Å². The number of ether oxygens (including phenoxy) is 1. The molecule has 2 N–H and O–H groups in total. The number of anilines is 1. The number of hydrogen-bond donors (Lipinski definition) is 1. The fourth-order valence-electron chi connectivity index (χ4n) is 3.22. The molecule has 1 heterocycles. The van der Waals surface area contributed by atoms with Gasteiger partial charge < -0.3 is 15.0 Å². The lowest BCUT2D eigenvalue weighted by molar-refractivity contribution is 0.0521. The molecule has 1 aromatic rings. The largest absolute Gasteiger partial charge is 0.461 e. The van der Waals surface area contributed by atoms with E-state index in [0.29, 0.717) is 12.4 Å². The van der Waals surface area contributed by atoms with Crippen molar-refractivity contribution in [2.75, 3.05) is 12.3 Å². The van der Waals surface area contributed by atoms with E-state index in [-0.39, 0.29) is 5.69 Å². The summed E-state index contributed by atoms with van der Waals surface area (Å²) in [6.07, 6.45) is 8.61. The first-order valence-corrected chi connectivity index (χ1v) is 8.19. The molecule has 0 radical (unpaired) electrons. The summed E-state index contributed by atoms with van der Waals surface area (Å²) in [5.74, 6) is 1.79. The number of esters is 1. The van der Waals surface area contributed by atoms with Gasteiger partial charge in [-0.05, 0) is 25.7 Å². The van der Waals surface area contributed by atoms with Crippen LogP contribution in [0.4, 0.5) is 5.82 Å². The van der Waals surface area contributed by atoms with Gasteiger partial charge in [-0.3, -0.25) is 0 Å². The van der Waals surface area contributed by atoms with Crippen molar-refractivity contribution in [1.82, 2.24) is 9.55 Å². The summed E-state index contributed by atoms with van der Waals surface area (Å²) in [6.45, 7) is 5.00. The number of carbonyl (C=O) groups excluding carboxylic acids is 1. The first-order valence-electron chi connectivity index (χ1n) is 8.19. The van der Waals surface area contributed by atoms with E-state index in [1.807, 2.05) is 11.5 Å². The zero-order valence-electron chi connectivity index (χ0n) is 13.2. The normalized spacial score (nSPS) is 15.5. The Bertz CT molecular complexity index is 476. The van der Waals surface area contributed by atoms with Gasteiger partial charge in [-0.1, -0.05) is 32.6 Å². The van der Waals surface area contributed by atoms with Crippen LogP contribution in [0.25, 0.3) is 0 Å². The van der Waals surface area contributed by atoms with E-state index in [9.17, 15) is 4.79 Å². The highest BCUT2D eigenvalue weighted by atomic mass is 16.5. The minimum atomic E-state index is -0.417. The number of hydrogen-bond acceptors (Lipinski definition) is 4. The topological polar surface area (TPSA) is 70.1 Å². The van der Waals surface area contributed by atoms with Crippen molar-refractivity contribution >= 4 is 11.8 Å². The Morgan fingerprint density at radius 3 is 2.71 bits per heavy atom. The fourth-order valence-corrected chi connectivity index (χ4v) is 3.22. The molecular formula is C16H27N3O2. The van der Waals surface area contributed by atoms with Gasteiger partial charge in [0, 0.05) is 13.0 Å². The van der Waals surface area contributed by atoms with Gasteiger partial charge >= 0.3 is 5.97 Å². The molecule has 0 saturated heterocycles. The van der Waals surface area contributed by atoms with Crippen molar-refractivity contribution in [3.8, 4) is 0 Å². The molecule has 0 atom stereocenters. The molecule has 1 aromatic heterocycles. The summed E-state index contributed by atoms with van der Waals surface area (Å²) >= 11 is 0. The number of aromatic nitrogens is 2. The van der Waals surface area contributed by atoms with Crippen LogP contribution in [0.1, 0.15) is 68.7 Å². The van der Waals surface area contributed by atoms with Crippen molar-refractivity contribution in [2.24, 2.45) is 5.92 Å². The maximum absolute atomic E-state index is 11.9. The van der Waals surface area contributed by atoms with Crippen LogP contribution in [-0.4, -0.2) is 22.1 Å². The maximum Gasteiger partial charge on any atom is 0.360 e. The van der Waals surface area contributed by atoms with Crippen LogP contribution in [0, 0.1) is 5.92 Å². The molecular weight excluding hydrogens is 266 g/mol. The zero-order chi connectivity index (χ0) is 15.2. The average molecular weight is 293 g/mol. The van der Waals surface area contributed by atoms with Gasteiger partial charge in [-0.25, -0.2) is 9.78 Å². The quantitative estimate of drug-likeness (QED) is 0.784. The van der Waals surface area contributed by atoms with Crippen LogP contribution in [0.3, 0.4) is 0 Å². The molecule has 1 aliphatic carbocycles. The molecule has 0 aromatic carbocycles. The van der Waals surface area contributed by atoms with Crippen LogP contribution in [0.2, 0.25) is 0 Å². The number of rotatable bonds is 7. The summed E-state index contributed by atoms with van der Waals surface area (Å²) < 4.78 is 7.00. The third kappa shape index (κ3) is 3.77. The van der Waals surface area contributed by atoms with E-state index in [0.717, 1.165) is 31.1 Å². The lowest BCUT2D eigenvalue weighted by Crippen LogP contribution is -2.11. The first-order chi connectivity index (χ1) is 10.2. The predicted molar refractivity (Wildman–Crippen MR) is 83.2 cm³/mol. The zero-order valence-corrected chi connectivity index (χ0v) is 13.2. The second-order valence-corrected chi connectivity index (χ2v) is 5.78. The van der Waals surface area contributed by atoms with Crippen molar-refractivity contribution in [3.05, 3.63) is 11.5 Å². The van der Waals surface area contributed by atoms with E-state index in [1.54, 1.807) is 6.92 Å². The molecule has 5 heteroatoms. The number of nitrogens with zero attached hydrogens (tertiary/aromatic N) is 2. The van der Waals surface area contributed by atoms with Gasteiger partial charge in [0.1, 0.15) is 11.6 Å². The molecule has 0 amide bonds. The van der Waals surface area contributed by atoms with E-state index in [4.69, 9.17) is 10.5 Å². The molecule has 21 heavy (non-hydrogen) atoms. The highest BCUT2D eigenvalue weighted by Crippen LogP contribution is 2.29. The lowest BCUT2D eigenvalue weighted by Gasteiger charge is -2.11. The summed E-state index contributed by atoms with van der Waals surface area (Å²) in [5.41, 5.74) is 6.38. The SMILES string of the molecule is CCOC(=O)c1nc(CC)n(CCCC2CCCC2)c1N. The highest BCUT2D eigenvalue weighted by molar-refractivity contribution is 5.92. The van der Waals surface area contributed by atoms with Gasteiger partial charge in [-0.2, -0.15) is 0 Å². The minimum absolute atomic E-state index is 0.273. The Hall–Kier alpha value is -1.52. The van der Waals surface area contributed by atoms with Crippen molar-refractivity contribution in [3.63, 3.8) is 0 Å². The van der Waals surface area contributed by atoms with Crippen molar-refractivity contribution < 1.29 is 9.53 Å². The van der Waals surface area contributed by atoms with E-state index in [2.05, 4.69) is 4.98 Å². The van der Waals surface area contributed by atoms with Gasteiger partial charge in [-0.15, -0.1) is 0 Å². The van der Waals surface area contributed by atoms with Gasteiger partial charge in [0.25, 0.3) is 0 Å². The monoisotopic (exact) mass is 293 g/mol. The summed E-state index contributed by atoms with van der Waals surface area (Å²) in [4.78, 5) is 16.2. The molecule has 2 rings (SSSR count). The van der Waals surface area contributed by atoms with Crippen LogP contribution in [0.15, 0.2) is 0 Å². The summed E-state index contributed by atoms with van der Waals surface area (Å²) in [6, 6.07) is 0. The van der Waals surface area contributed by atoms with E-state index < -0.39 is 5.97 Å². The molecule has 5 nitrogen and oxygen atoms in total. The van der Waals surface area contributed by atoms with Crippen LogP contribution < -0.4 is 5.73 Å². The molecule has 1 aliphatic rings. The molecule has 1 saturated carbocycles. The third-order valence-corrected chi connectivity index (χ3v) is 4.34. The Balaban J connectivity index is 2.01. The second-order valence-electron chi connectivity index (χ2n) is 5.78. The highest BCUT2D eigenvalue weighted by Gasteiger charge is 2.21. The average Bonchev–Trinajstić information content (AvgIpc) is 3.08. The fraction of sp³-hybridized carbons (Fsp3) is 0.750. The molecule has 0 spiro atoms. The molecule has 0 unspecified atom stereocenters. The number of aryl methyl sites for hydroxylation is 1. The summed E-state index contributed by atoms with van der Waals surface area (Å²) in [7, 11) is 0. The van der Waals surface area contributed by atoms with E-state index in [1.165, 1.54) is 32.1 Å². The van der Waals surface area contributed by atoms with Gasteiger partial charge in [0.2, 0.25) is 0 Å². The molecule has 0 bridgehead atoms. The molecule has 1 fully saturated rings. The molecule has 0 aliphatic heterocycles. The van der Waals surface area contributed by atoms with Gasteiger partial charge in [0.05, 0.1) is 6.61 Å². The van der Waals surface area contributed by atoms with Gasteiger partial charge in [0.15, 0.2) is 5.69 Å². The van der Waals surface area contributed by atoms with Crippen LogP contribution in [-0.2, 0) is 17.7 Å². The van der Waals surface area contributed by atoms with Crippen molar-refractivity contribution in [1.29, 1.82) is 0 Å². The number of imidazole rings is 1. The maximum atomic E-state index is 11.9. The Morgan fingerprint density at radius 1 is 1.38 bits per heavy atom. The van der Waals surface area contributed by atoms with Crippen LogP contribution in [0.5, 0.6) is 0 Å². The second kappa shape index (κ2) is 7.48. The smallest absolute Gasteiger partial charge is 0.360 e. The number of carbonyl (C=O) groups is 1. The van der Waals surface area contributed by atoms with E-state index >= 15 is 0 Å². The number of nitrogen functional groups attached to an aromatic ring is 1. The number of nitrogens with two attached hydrogens (primary N) is 1. The lowest BCUT2D eigenvalue weighted by atomic mass is 10.0. The standard InChI is InChI=1S/C16H27N3O2/c1-3-13-18-14(16(20)21-4-2)15(17)19(13)11-7-10-12-8-5-6-9-12/h12H,3-11,17H2,1-2H3. The Labute approximate surface area is 126 Å². The Kier molecular flexibility index (Phi) is 5.65. The first kappa shape index (κ1) is 15.9. The van der Waals surface area contributed by atoms with Crippen molar-refractivity contribution in [2.45, 2.75) is 65.3 Å². The Morgan fingerprint density at radius 2 is 2.10 bits per heavy atom. The minimum Gasteiger partial charge on any atom is -0.461 e. The third-order valence-electron chi connectivity index (χ3n) is 4.34.